The van der Waals surface area contributed by atoms with Crippen molar-refractivity contribution in [1.29, 1.82) is 0 Å². The molecule has 0 radical (unpaired) electrons. The molecule has 1 heterocycles. The molecule has 74 valence electrons. The predicted octanol–water partition coefficient (Wildman–Crippen LogP) is 1.33. The zero-order valence-electron chi connectivity index (χ0n) is 8.89. The molecule has 1 rings (SSSR count). The molecule has 0 aliphatic carbocycles. The number of hydrogen-bond donors (Lipinski definition) is 1. The lowest BCUT2D eigenvalue weighted by Gasteiger charge is -2.47. The second kappa shape index (κ2) is 2.56. The van der Waals surface area contributed by atoms with Gasteiger partial charge in [0.05, 0.1) is 0 Å². The van der Waals surface area contributed by atoms with E-state index in [1.165, 1.54) is 0 Å². The molecule has 1 aliphatic heterocycles. The average molecular weight is 183 g/mol. The second-order valence-corrected chi connectivity index (χ2v) is 4.89. The third-order valence-electron chi connectivity index (χ3n) is 3.89. The van der Waals surface area contributed by atoms with Crippen molar-refractivity contribution in [2.24, 2.45) is 16.7 Å². The Morgan fingerprint density at radius 1 is 1.15 bits per heavy atom. The van der Waals surface area contributed by atoms with Crippen molar-refractivity contribution in [1.82, 2.24) is 5.32 Å². The van der Waals surface area contributed by atoms with Crippen LogP contribution in [0.3, 0.4) is 0 Å². The van der Waals surface area contributed by atoms with E-state index in [0.717, 1.165) is 0 Å². The Balaban J connectivity index is 3.15. The summed E-state index contributed by atoms with van der Waals surface area (Å²) in [6, 6.07) is 0. The van der Waals surface area contributed by atoms with Gasteiger partial charge in [-0.3, -0.25) is 14.9 Å². The van der Waals surface area contributed by atoms with E-state index >= 15 is 0 Å². The first-order chi connectivity index (χ1) is 5.71. The molecule has 0 spiro atoms. The van der Waals surface area contributed by atoms with E-state index in [4.69, 9.17) is 0 Å². The SMILES string of the molecule is CC1C(=O)NC(=O)C(C)(C)C1(C)C. The minimum Gasteiger partial charge on any atom is -0.296 e. The highest BCUT2D eigenvalue weighted by atomic mass is 16.2. The highest BCUT2D eigenvalue weighted by molar-refractivity contribution is 6.02. The monoisotopic (exact) mass is 183 g/mol. The summed E-state index contributed by atoms with van der Waals surface area (Å²) in [7, 11) is 0. The number of hydrogen-bond acceptors (Lipinski definition) is 2. The van der Waals surface area contributed by atoms with Crippen LogP contribution in [-0.4, -0.2) is 11.8 Å². The molecule has 1 unspecified atom stereocenters. The lowest BCUT2D eigenvalue weighted by molar-refractivity contribution is -0.155. The molecule has 13 heavy (non-hydrogen) atoms. The van der Waals surface area contributed by atoms with Gasteiger partial charge in [-0.1, -0.05) is 34.6 Å². The van der Waals surface area contributed by atoms with Gasteiger partial charge in [0.15, 0.2) is 0 Å². The fourth-order valence-electron chi connectivity index (χ4n) is 1.54. The zero-order chi connectivity index (χ0) is 10.4. The number of rotatable bonds is 0. The van der Waals surface area contributed by atoms with Gasteiger partial charge in [0.2, 0.25) is 11.8 Å². The molecular weight excluding hydrogens is 166 g/mol. The Labute approximate surface area is 78.9 Å². The Hall–Kier alpha value is -0.860. The summed E-state index contributed by atoms with van der Waals surface area (Å²) in [5.41, 5.74) is -0.771. The lowest BCUT2D eigenvalue weighted by atomic mass is 9.59. The fraction of sp³-hybridized carbons (Fsp3) is 0.800. The summed E-state index contributed by atoms with van der Waals surface area (Å²) in [6.45, 7) is 9.56. The molecule has 0 aromatic rings. The Morgan fingerprint density at radius 3 is 2.08 bits per heavy atom. The molecule has 2 amide bonds. The highest BCUT2D eigenvalue weighted by Gasteiger charge is 2.52. The van der Waals surface area contributed by atoms with Crippen molar-refractivity contribution >= 4 is 11.8 Å². The van der Waals surface area contributed by atoms with Gasteiger partial charge in [-0.2, -0.15) is 0 Å². The van der Waals surface area contributed by atoms with Crippen molar-refractivity contribution in [2.45, 2.75) is 34.6 Å². The van der Waals surface area contributed by atoms with Crippen LogP contribution in [0.1, 0.15) is 34.6 Å². The number of piperidine rings is 1. The maximum atomic E-state index is 11.6. The van der Waals surface area contributed by atoms with E-state index < -0.39 is 5.41 Å². The van der Waals surface area contributed by atoms with Crippen molar-refractivity contribution in [3.8, 4) is 0 Å². The molecule has 0 aromatic heterocycles. The minimum absolute atomic E-state index is 0.125. The summed E-state index contributed by atoms with van der Waals surface area (Å²) in [5, 5.41) is 2.40. The van der Waals surface area contributed by atoms with E-state index in [-0.39, 0.29) is 23.1 Å². The van der Waals surface area contributed by atoms with E-state index in [0.29, 0.717) is 0 Å². The van der Waals surface area contributed by atoms with E-state index in [1.54, 1.807) is 0 Å². The van der Waals surface area contributed by atoms with Crippen LogP contribution in [0.4, 0.5) is 0 Å². The number of imide groups is 1. The van der Waals surface area contributed by atoms with Crippen LogP contribution in [0.15, 0.2) is 0 Å². The van der Waals surface area contributed by atoms with Gasteiger partial charge in [0.25, 0.3) is 0 Å². The molecule has 1 N–H and O–H groups in total. The first-order valence-corrected chi connectivity index (χ1v) is 4.56. The summed E-state index contributed by atoms with van der Waals surface area (Å²) >= 11 is 0. The lowest BCUT2D eigenvalue weighted by Crippen LogP contribution is -2.59. The molecule has 1 fully saturated rings. The van der Waals surface area contributed by atoms with Gasteiger partial charge in [0.1, 0.15) is 0 Å². The summed E-state index contributed by atoms with van der Waals surface area (Å²) in [5.74, 6) is -0.449. The quantitative estimate of drug-likeness (QED) is 0.576. The van der Waals surface area contributed by atoms with E-state index in [2.05, 4.69) is 5.32 Å². The summed E-state index contributed by atoms with van der Waals surface area (Å²) in [4.78, 5) is 22.9. The van der Waals surface area contributed by atoms with Crippen molar-refractivity contribution in [2.75, 3.05) is 0 Å². The second-order valence-electron chi connectivity index (χ2n) is 4.89. The maximum absolute atomic E-state index is 11.6. The van der Waals surface area contributed by atoms with Gasteiger partial charge in [-0.05, 0) is 5.41 Å². The smallest absolute Gasteiger partial charge is 0.232 e. The maximum Gasteiger partial charge on any atom is 0.232 e. The van der Waals surface area contributed by atoms with E-state index in [9.17, 15) is 9.59 Å². The van der Waals surface area contributed by atoms with Crippen molar-refractivity contribution in [3.63, 3.8) is 0 Å². The largest absolute Gasteiger partial charge is 0.296 e. The average Bonchev–Trinajstić information content (AvgIpc) is 2.00. The van der Waals surface area contributed by atoms with Crippen LogP contribution in [0.25, 0.3) is 0 Å². The topological polar surface area (TPSA) is 46.2 Å². The minimum atomic E-state index is -0.486. The molecule has 3 heteroatoms. The standard InChI is InChI=1S/C10H17NO2/c1-6-7(12)11-8(13)10(4,5)9(6,2)3/h6H,1-5H3,(H,11,12,13). The first-order valence-electron chi connectivity index (χ1n) is 4.56. The first kappa shape index (κ1) is 10.2. The van der Waals surface area contributed by atoms with Gasteiger partial charge in [-0.25, -0.2) is 0 Å². The number of carbonyl (C=O) groups is 2. The normalized spacial score (nSPS) is 31.3. The third kappa shape index (κ3) is 1.18. The summed E-state index contributed by atoms with van der Waals surface area (Å²) in [6.07, 6.45) is 0. The van der Waals surface area contributed by atoms with Gasteiger partial charge >= 0.3 is 0 Å². The molecule has 0 aromatic carbocycles. The number of amides is 2. The van der Waals surface area contributed by atoms with Crippen LogP contribution >= 0.6 is 0 Å². The summed E-state index contributed by atoms with van der Waals surface area (Å²) < 4.78 is 0. The number of nitrogens with one attached hydrogen (secondary N) is 1. The van der Waals surface area contributed by atoms with Gasteiger partial charge in [0, 0.05) is 11.3 Å². The van der Waals surface area contributed by atoms with Crippen LogP contribution in [-0.2, 0) is 9.59 Å². The van der Waals surface area contributed by atoms with Gasteiger partial charge in [-0.15, -0.1) is 0 Å². The van der Waals surface area contributed by atoms with Crippen LogP contribution < -0.4 is 5.32 Å². The van der Waals surface area contributed by atoms with Crippen molar-refractivity contribution in [3.05, 3.63) is 0 Å². The molecule has 0 saturated carbocycles. The van der Waals surface area contributed by atoms with Gasteiger partial charge < -0.3 is 0 Å². The van der Waals surface area contributed by atoms with Crippen LogP contribution in [0.2, 0.25) is 0 Å². The molecule has 1 saturated heterocycles. The fourth-order valence-corrected chi connectivity index (χ4v) is 1.54. The van der Waals surface area contributed by atoms with Crippen LogP contribution in [0.5, 0.6) is 0 Å². The number of carbonyl (C=O) groups excluding carboxylic acids is 2. The molecular formula is C10H17NO2. The predicted molar refractivity (Wildman–Crippen MR) is 49.9 cm³/mol. The van der Waals surface area contributed by atoms with E-state index in [1.807, 2.05) is 34.6 Å². The molecule has 0 bridgehead atoms. The Bertz CT molecular complexity index is 266. The van der Waals surface area contributed by atoms with Crippen molar-refractivity contribution < 1.29 is 9.59 Å². The Morgan fingerprint density at radius 2 is 1.62 bits per heavy atom. The molecule has 1 atom stereocenters. The molecule has 1 aliphatic rings. The zero-order valence-corrected chi connectivity index (χ0v) is 8.89. The third-order valence-corrected chi connectivity index (χ3v) is 3.89. The van der Waals surface area contributed by atoms with Crippen LogP contribution in [0, 0.1) is 16.7 Å². The molecule has 3 nitrogen and oxygen atoms in total. The highest BCUT2D eigenvalue weighted by Crippen LogP contribution is 2.46. The Kier molecular flexibility index (Phi) is 2.02.